The van der Waals surface area contributed by atoms with E-state index in [4.69, 9.17) is 0 Å². The Morgan fingerprint density at radius 2 is 1.87 bits per heavy atom. The molecule has 1 N–H and O–H groups in total. The van der Waals surface area contributed by atoms with E-state index in [1.54, 1.807) is 0 Å². The van der Waals surface area contributed by atoms with Gasteiger partial charge in [-0.3, -0.25) is 4.98 Å². The van der Waals surface area contributed by atoms with Gasteiger partial charge in [0.25, 0.3) is 0 Å². The van der Waals surface area contributed by atoms with Crippen molar-refractivity contribution < 1.29 is 9.90 Å². The molecule has 1 aliphatic rings. The molecule has 0 spiro atoms. The highest BCUT2D eigenvalue weighted by Gasteiger charge is 2.25. The second-order valence-corrected chi connectivity index (χ2v) is 8.51. The van der Waals surface area contributed by atoms with E-state index in [2.05, 4.69) is 70.3 Å². The van der Waals surface area contributed by atoms with Crippen LogP contribution in [-0.4, -0.2) is 20.6 Å². The molecule has 0 saturated heterocycles. The van der Waals surface area contributed by atoms with Crippen molar-refractivity contribution >= 4 is 16.9 Å². The Morgan fingerprint density at radius 3 is 2.65 bits per heavy atom. The number of fused-ring (bicyclic) bond motifs is 1. The van der Waals surface area contributed by atoms with Gasteiger partial charge in [0.1, 0.15) is 0 Å². The average molecular weight is 411 g/mol. The van der Waals surface area contributed by atoms with E-state index in [-0.39, 0.29) is 0 Å². The van der Waals surface area contributed by atoms with Crippen molar-refractivity contribution in [3.63, 3.8) is 0 Å². The molecule has 0 radical (unpaired) electrons. The number of hydrogen-bond acceptors (Lipinski definition) is 2. The number of hydrogen-bond donors (Lipinski definition) is 1. The van der Waals surface area contributed by atoms with Crippen LogP contribution in [0, 0.1) is 0 Å². The predicted molar refractivity (Wildman–Crippen MR) is 123 cm³/mol. The van der Waals surface area contributed by atoms with Crippen LogP contribution in [0.15, 0.2) is 73.1 Å². The maximum absolute atomic E-state index is 11.8. The maximum Gasteiger partial charge on any atom is 0.337 e. The van der Waals surface area contributed by atoms with Gasteiger partial charge in [-0.25, -0.2) is 4.79 Å². The minimum Gasteiger partial charge on any atom is -0.478 e. The fourth-order valence-electron chi connectivity index (χ4n) is 4.32. The summed E-state index contributed by atoms with van der Waals surface area (Å²) in [7, 11) is 0. The number of aromatic nitrogens is 2. The normalized spacial score (nSPS) is 13.5. The standard InChI is InChI=1S/C27H26N2O2/c30-27(31)24-17-23(21-9-10-21)18-28-25(24)16-20-8-11-26-22(15-20)12-14-29(26)13-4-7-19-5-2-1-3-6-19/h1-3,5-6,8,11-12,14-15,17-18,21H,4,7,9-10,13,16H2,(H,30,31). The molecule has 1 saturated carbocycles. The summed E-state index contributed by atoms with van der Waals surface area (Å²) in [5.74, 6) is -0.395. The quantitative estimate of drug-likeness (QED) is 0.397. The zero-order valence-electron chi connectivity index (χ0n) is 17.5. The first-order valence-electron chi connectivity index (χ1n) is 11.0. The first-order valence-corrected chi connectivity index (χ1v) is 11.0. The Hall–Kier alpha value is -3.40. The van der Waals surface area contributed by atoms with Gasteiger partial charge in [0.15, 0.2) is 0 Å². The summed E-state index contributed by atoms with van der Waals surface area (Å²) in [5.41, 5.74) is 5.71. The number of aromatic carboxylic acids is 1. The molecule has 1 aliphatic carbocycles. The Bertz CT molecular complexity index is 1220. The molecule has 4 aromatic rings. The lowest BCUT2D eigenvalue weighted by atomic mass is 10.0. The van der Waals surface area contributed by atoms with Crippen LogP contribution in [0.5, 0.6) is 0 Å². The third kappa shape index (κ3) is 4.38. The zero-order chi connectivity index (χ0) is 21.2. The van der Waals surface area contributed by atoms with Crippen LogP contribution < -0.4 is 0 Å². The highest BCUT2D eigenvalue weighted by atomic mass is 16.4. The third-order valence-corrected chi connectivity index (χ3v) is 6.18. The molecule has 4 heteroatoms. The van der Waals surface area contributed by atoms with E-state index in [0.717, 1.165) is 43.4 Å². The molecule has 0 aliphatic heterocycles. The van der Waals surface area contributed by atoms with Crippen LogP contribution in [0.25, 0.3) is 10.9 Å². The van der Waals surface area contributed by atoms with Crippen LogP contribution >= 0.6 is 0 Å². The minimum absolute atomic E-state index is 0.336. The van der Waals surface area contributed by atoms with Crippen molar-refractivity contribution in [1.82, 2.24) is 9.55 Å². The lowest BCUT2D eigenvalue weighted by Crippen LogP contribution is -2.07. The number of carboxylic acid groups (broad SMARTS) is 1. The molecular weight excluding hydrogens is 384 g/mol. The molecule has 0 amide bonds. The fourth-order valence-corrected chi connectivity index (χ4v) is 4.32. The molecule has 2 aromatic heterocycles. The summed E-state index contributed by atoms with van der Waals surface area (Å²) in [4.78, 5) is 16.3. The second kappa shape index (κ2) is 8.38. The van der Waals surface area contributed by atoms with Crippen LogP contribution in [0.3, 0.4) is 0 Å². The predicted octanol–water partition coefficient (Wildman–Crippen LogP) is 5.84. The van der Waals surface area contributed by atoms with Crippen molar-refractivity contribution in [3.8, 4) is 0 Å². The Morgan fingerprint density at radius 1 is 1.03 bits per heavy atom. The second-order valence-electron chi connectivity index (χ2n) is 8.51. The highest BCUT2D eigenvalue weighted by molar-refractivity contribution is 5.89. The number of benzene rings is 2. The Labute approximate surface area is 182 Å². The molecule has 0 unspecified atom stereocenters. The Balaban J connectivity index is 1.31. The molecule has 156 valence electrons. The molecule has 0 atom stereocenters. The summed E-state index contributed by atoms with van der Waals surface area (Å²) >= 11 is 0. The largest absolute Gasteiger partial charge is 0.478 e. The van der Waals surface area contributed by atoms with Gasteiger partial charge < -0.3 is 9.67 Å². The highest BCUT2D eigenvalue weighted by Crippen LogP contribution is 2.40. The van der Waals surface area contributed by atoms with Gasteiger partial charge in [-0.2, -0.15) is 0 Å². The van der Waals surface area contributed by atoms with Crippen molar-refractivity contribution in [1.29, 1.82) is 0 Å². The van der Waals surface area contributed by atoms with Gasteiger partial charge >= 0.3 is 5.97 Å². The number of aryl methyl sites for hydroxylation is 2. The van der Waals surface area contributed by atoms with E-state index in [9.17, 15) is 9.90 Å². The van der Waals surface area contributed by atoms with E-state index >= 15 is 0 Å². The van der Waals surface area contributed by atoms with Gasteiger partial charge in [0.2, 0.25) is 0 Å². The maximum atomic E-state index is 11.8. The molecule has 4 nitrogen and oxygen atoms in total. The van der Waals surface area contributed by atoms with E-state index in [1.165, 1.54) is 16.5 Å². The average Bonchev–Trinajstić information content (AvgIpc) is 3.56. The zero-order valence-corrected chi connectivity index (χ0v) is 17.5. The molecule has 2 heterocycles. The number of rotatable bonds is 8. The van der Waals surface area contributed by atoms with Crippen LogP contribution in [-0.2, 0) is 19.4 Å². The summed E-state index contributed by atoms with van der Waals surface area (Å²) in [5, 5.41) is 10.9. The molecular formula is C27H26N2O2. The van der Waals surface area contributed by atoms with Crippen molar-refractivity contribution in [3.05, 3.63) is 101 Å². The molecule has 2 aromatic carbocycles. The first kappa shape index (κ1) is 19.6. The fraction of sp³-hybridized carbons (Fsp3) is 0.259. The molecule has 0 bridgehead atoms. The summed E-state index contributed by atoms with van der Waals surface area (Å²) < 4.78 is 2.30. The monoisotopic (exact) mass is 410 g/mol. The molecule has 1 fully saturated rings. The lowest BCUT2D eigenvalue weighted by molar-refractivity contribution is 0.0695. The number of nitrogens with zero attached hydrogens (tertiary/aromatic N) is 2. The van der Waals surface area contributed by atoms with Crippen LogP contribution in [0.2, 0.25) is 0 Å². The van der Waals surface area contributed by atoms with Crippen molar-refractivity contribution in [2.24, 2.45) is 0 Å². The molecule has 5 rings (SSSR count). The van der Waals surface area contributed by atoms with E-state index < -0.39 is 5.97 Å². The van der Waals surface area contributed by atoms with Crippen molar-refractivity contribution in [2.45, 2.75) is 44.6 Å². The first-order chi connectivity index (χ1) is 15.2. The smallest absolute Gasteiger partial charge is 0.337 e. The van der Waals surface area contributed by atoms with Gasteiger partial charge in [0.05, 0.1) is 11.3 Å². The summed E-state index contributed by atoms with van der Waals surface area (Å²) in [6, 6.07) is 20.9. The van der Waals surface area contributed by atoms with Gasteiger partial charge in [-0.15, -0.1) is 0 Å². The number of carbonyl (C=O) groups is 1. The van der Waals surface area contributed by atoms with Gasteiger partial charge in [-0.05, 0) is 77.9 Å². The van der Waals surface area contributed by atoms with Crippen LogP contribution in [0.4, 0.5) is 0 Å². The Kier molecular flexibility index (Phi) is 5.29. The van der Waals surface area contributed by atoms with Crippen LogP contribution in [0.1, 0.15) is 57.9 Å². The topological polar surface area (TPSA) is 55.1 Å². The number of pyridine rings is 1. The van der Waals surface area contributed by atoms with Crippen molar-refractivity contribution in [2.75, 3.05) is 0 Å². The third-order valence-electron chi connectivity index (χ3n) is 6.18. The molecule has 31 heavy (non-hydrogen) atoms. The number of carboxylic acids is 1. The van der Waals surface area contributed by atoms with Gasteiger partial charge in [-0.1, -0.05) is 36.4 Å². The summed E-state index contributed by atoms with van der Waals surface area (Å²) in [6.07, 6.45) is 8.97. The van der Waals surface area contributed by atoms with E-state index in [0.29, 0.717) is 23.6 Å². The lowest BCUT2D eigenvalue weighted by Gasteiger charge is -2.09. The minimum atomic E-state index is -0.893. The van der Waals surface area contributed by atoms with E-state index in [1.807, 2.05) is 12.3 Å². The summed E-state index contributed by atoms with van der Waals surface area (Å²) in [6.45, 7) is 0.977. The SMILES string of the molecule is O=C(O)c1cc(C2CC2)cnc1Cc1ccc2c(ccn2CCCc2ccccc2)c1. The van der Waals surface area contributed by atoms with Gasteiger partial charge in [0, 0.05) is 30.9 Å².